The van der Waals surface area contributed by atoms with Crippen LogP contribution in [0.2, 0.25) is 0 Å². The number of hydrogen-bond donors (Lipinski definition) is 1. The van der Waals surface area contributed by atoms with Gasteiger partial charge in [0.05, 0.1) is 19.2 Å². The van der Waals surface area contributed by atoms with Crippen LogP contribution in [0.25, 0.3) is 6.08 Å². The molecule has 7 nitrogen and oxygen atoms in total. The monoisotopic (exact) mass is 401 g/mol. The number of fused-ring (bicyclic) bond motifs is 1. The number of rotatable bonds is 6. The summed E-state index contributed by atoms with van der Waals surface area (Å²) in [5.74, 6) is 0.337. The second kappa shape index (κ2) is 8.95. The summed E-state index contributed by atoms with van der Waals surface area (Å²) in [6.45, 7) is 6.48. The molecule has 1 aliphatic carbocycles. The molecule has 0 bridgehead atoms. The van der Waals surface area contributed by atoms with Crippen molar-refractivity contribution < 1.29 is 19.4 Å². The Hall–Kier alpha value is -2.41. The summed E-state index contributed by atoms with van der Waals surface area (Å²) in [4.78, 5) is 33.5. The molecule has 1 aromatic rings. The average Bonchev–Trinajstić information content (AvgIpc) is 3.55. The van der Waals surface area contributed by atoms with Crippen molar-refractivity contribution in [1.29, 1.82) is 0 Å². The number of aromatic nitrogens is 1. The quantitative estimate of drug-likeness (QED) is 0.790. The maximum atomic E-state index is 13.2. The molecule has 1 saturated carbocycles. The van der Waals surface area contributed by atoms with E-state index in [9.17, 15) is 14.7 Å². The lowest BCUT2D eigenvalue weighted by atomic mass is 9.99. The number of amides is 2. The molecule has 7 heteroatoms. The zero-order valence-electron chi connectivity index (χ0n) is 17.7. The number of carbonyl (C=O) groups is 2. The van der Waals surface area contributed by atoms with Gasteiger partial charge in [-0.2, -0.15) is 0 Å². The molecular weight excluding hydrogens is 370 g/mol. The molecule has 3 rings (SSSR count). The molecule has 2 heterocycles. The summed E-state index contributed by atoms with van der Waals surface area (Å²) in [7, 11) is 1.80. The van der Waals surface area contributed by atoms with Gasteiger partial charge in [-0.3, -0.25) is 9.59 Å². The summed E-state index contributed by atoms with van der Waals surface area (Å²) >= 11 is 0. The molecule has 1 N–H and O–H groups in total. The lowest BCUT2D eigenvalue weighted by Gasteiger charge is -2.37. The molecule has 0 spiro atoms. The Kier molecular flexibility index (Phi) is 6.57. The van der Waals surface area contributed by atoms with E-state index in [1.807, 2.05) is 32.9 Å². The zero-order valence-corrected chi connectivity index (χ0v) is 17.7. The van der Waals surface area contributed by atoms with E-state index in [0.717, 1.165) is 18.4 Å². The smallest absolute Gasteiger partial charge is 0.259 e. The molecule has 1 fully saturated rings. The topological polar surface area (TPSA) is 83.0 Å². The molecule has 0 radical (unpaired) electrons. The van der Waals surface area contributed by atoms with Crippen molar-refractivity contribution in [3.8, 4) is 5.88 Å². The predicted octanol–water partition coefficient (Wildman–Crippen LogP) is 2.20. The van der Waals surface area contributed by atoms with Crippen LogP contribution in [-0.2, 0) is 4.79 Å². The van der Waals surface area contributed by atoms with Crippen LogP contribution in [0.3, 0.4) is 0 Å². The van der Waals surface area contributed by atoms with E-state index in [4.69, 9.17) is 4.74 Å². The van der Waals surface area contributed by atoms with Crippen molar-refractivity contribution in [2.24, 2.45) is 11.8 Å². The van der Waals surface area contributed by atoms with E-state index in [0.29, 0.717) is 18.7 Å². The van der Waals surface area contributed by atoms with E-state index in [2.05, 4.69) is 4.98 Å². The minimum absolute atomic E-state index is 0.0347. The van der Waals surface area contributed by atoms with Crippen LogP contribution in [0.5, 0.6) is 5.88 Å². The average molecular weight is 402 g/mol. The fraction of sp³-hybridized carbons (Fsp3) is 0.591. The number of hydrogen-bond acceptors (Lipinski definition) is 5. The first kappa shape index (κ1) is 21.3. The van der Waals surface area contributed by atoms with Gasteiger partial charge in [0, 0.05) is 31.6 Å². The second-order valence-corrected chi connectivity index (χ2v) is 8.24. The number of aliphatic hydroxyl groups is 1. The third kappa shape index (κ3) is 4.78. The summed E-state index contributed by atoms with van der Waals surface area (Å²) in [5.41, 5.74) is 1.19. The maximum absolute atomic E-state index is 13.2. The first-order valence-electron chi connectivity index (χ1n) is 10.3. The van der Waals surface area contributed by atoms with Crippen LogP contribution in [0.15, 0.2) is 18.3 Å². The lowest BCUT2D eigenvalue weighted by Crippen LogP contribution is -2.50. The molecule has 1 aliphatic heterocycles. The number of nitrogens with zero attached hydrogens (tertiary/aromatic N) is 3. The third-order valence-corrected chi connectivity index (χ3v) is 5.66. The van der Waals surface area contributed by atoms with E-state index in [1.54, 1.807) is 29.1 Å². The number of allylic oxidation sites excluding steroid dienone is 1. The summed E-state index contributed by atoms with van der Waals surface area (Å²) in [6, 6.07) is 1.45. The minimum atomic E-state index is -0.326. The van der Waals surface area contributed by atoms with E-state index >= 15 is 0 Å². The van der Waals surface area contributed by atoms with Crippen molar-refractivity contribution in [3.63, 3.8) is 0 Å². The van der Waals surface area contributed by atoms with Gasteiger partial charge in [0.25, 0.3) is 5.91 Å². The molecule has 0 saturated heterocycles. The Morgan fingerprint density at radius 2 is 2.21 bits per heavy atom. The van der Waals surface area contributed by atoms with Gasteiger partial charge in [-0.25, -0.2) is 4.98 Å². The van der Waals surface area contributed by atoms with Crippen molar-refractivity contribution in [3.05, 3.63) is 29.5 Å². The summed E-state index contributed by atoms with van der Waals surface area (Å²) in [5, 5.41) is 9.69. The fourth-order valence-electron chi connectivity index (χ4n) is 3.62. The highest BCUT2D eigenvalue weighted by molar-refractivity contribution is 5.97. The van der Waals surface area contributed by atoms with Crippen LogP contribution in [-0.4, -0.2) is 70.6 Å². The molecule has 0 unspecified atom stereocenters. The predicted molar refractivity (Wildman–Crippen MR) is 110 cm³/mol. The Bertz CT molecular complexity index is 790. The van der Waals surface area contributed by atoms with Crippen LogP contribution >= 0.6 is 0 Å². The highest BCUT2D eigenvalue weighted by Crippen LogP contribution is 2.32. The third-order valence-electron chi connectivity index (χ3n) is 5.66. The first-order valence-corrected chi connectivity index (χ1v) is 10.3. The Balaban J connectivity index is 1.93. The molecule has 3 atom stereocenters. The molecule has 1 aromatic heterocycles. The lowest BCUT2D eigenvalue weighted by molar-refractivity contribution is -0.132. The van der Waals surface area contributed by atoms with Crippen molar-refractivity contribution >= 4 is 17.9 Å². The summed E-state index contributed by atoms with van der Waals surface area (Å²) in [6.07, 6.45) is 7.05. The van der Waals surface area contributed by atoms with Crippen LogP contribution < -0.4 is 4.74 Å². The number of carbonyl (C=O) groups excluding carboxylic acids is 2. The van der Waals surface area contributed by atoms with Gasteiger partial charge in [0.1, 0.15) is 11.7 Å². The standard InChI is InChI=1S/C22H31N3O4/c1-5-6-16-9-18-20(23-10-16)29-19(12-24(4)21(27)17-7-8-17)14(2)11-25(22(18)28)15(3)13-26/h5-6,9-10,14-15,17,19,26H,7-8,11-13H2,1-4H3/b6-5+/t14-,15-,19+/m0/s1. The van der Waals surface area contributed by atoms with Crippen LogP contribution in [0, 0.1) is 11.8 Å². The number of likely N-dealkylation sites (N-methyl/N-ethyl adjacent to an activating group) is 1. The van der Waals surface area contributed by atoms with Gasteiger partial charge in [0.15, 0.2) is 0 Å². The van der Waals surface area contributed by atoms with Crippen molar-refractivity contribution in [2.45, 2.75) is 45.8 Å². The van der Waals surface area contributed by atoms with E-state index in [1.165, 1.54) is 0 Å². The zero-order chi connectivity index (χ0) is 21.1. The summed E-state index contributed by atoms with van der Waals surface area (Å²) < 4.78 is 6.20. The molecular formula is C22H31N3O4. The maximum Gasteiger partial charge on any atom is 0.259 e. The van der Waals surface area contributed by atoms with Crippen LogP contribution in [0.1, 0.15) is 49.5 Å². The first-order chi connectivity index (χ1) is 13.8. The van der Waals surface area contributed by atoms with Gasteiger partial charge in [0.2, 0.25) is 11.8 Å². The highest BCUT2D eigenvalue weighted by atomic mass is 16.5. The Morgan fingerprint density at radius 3 is 2.83 bits per heavy atom. The molecule has 2 amide bonds. The van der Waals surface area contributed by atoms with Gasteiger partial charge < -0.3 is 19.6 Å². The fourth-order valence-corrected chi connectivity index (χ4v) is 3.62. The molecule has 2 aliphatic rings. The van der Waals surface area contributed by atoms with Gasteiger partial charge >= 0.3 is 0 Å². The number of ether oxygens (including phenoxy) is 1. The number of aliphatic hydroxyl groups excluding tert-OH is 1. The number of pyridine rings is 1. The SMILES string of the molecule is C/C=C/c1cnc2c(c1)C(=O)N([C@@H](C)CO)C[C@H](C)[C@@H](CN(C)C(=O)C1CC1)O2. The Morgan fingerprint density at radius 1 is 1.48 bits per heavy atom. The van der Waals surface area contributed by atoms with E-state index in [-0.39, 0.29) is 48.3 Å². The van der Waals surface area contributed by atoms with Gasteiger partial charge in [-0.15, -0.1) is 0 Å². The van der Waals surface area contributed by atoms with E-state index < -0.39 is 0 Å². The minimum Gasteiger partial charge on any atom is -0.472 e. The van der Waals surface area contributed by atoms with Crippen molar-refractivity contribution in [2.75, 3.05) is 26.7 Å². The van der Waals surface area contributed by atoms with Gasteiger partial charge in [-0.1, -0.05) is 19.1 Å². The normalized spacial score (nSPS) is 23.2. The molecule has 158 valence electrons. The largest absolute Gasteiger partial charge is 0.472 e. The highest BCUT2D eigenvalue weighted by Gasteiger charge is 2.37. The molecule has 0 aromatic carbocycles. The second-order valence-electron chi connectivity index (χ2n) is 8.24. The Labute approximate surface area is 172 Å². The van der Waals surface area contributed by atoms with Crippen LogP contribution in [0.4, 0.5) is 0 Å². The molecule has 29 heavy (non-hydrogen) atoms. The van der Waals surface area contributed by atoms with Gasteiger partial charge in [-0.05, 0) is 38.3 Å². The van der Waals surface area contributed by atoms with Crippen molar-refractivity contribution in [1.82, 2.24) is 14.8 Å².